The molecule has 2 atom stereocenters. The van der Waals surface area contributed by atoms with E-state index in [1.54, 1.807) is 26.1 Å². The molecule has 0 spiro atoms. The molecule has 29 heavy (non-hydrogen) atoms. The highest BCUT2D eigenvalue weighted by atomic mass is 32.2. The van der Waals surface area contributed by atoms with Gasteiger partial charge in [-0.2, -0.15) is 4.31 Å². The number of carbonyl (C=O) groups excluding carboxylic acids is 1. The molecule has 0 aromatic heterocycles. The van der Waals surface area contributed by atoms with E-state index >= 15 is 0 Å². The second kappa shape index (κ2) is 9.64. The molecule has 0 heterocycles. The standard InChI is InChI=1S/C22H31NO5S/c1-6-7-16-27-17-12-14-18(15-13-17)29(25,26)23(5)20-11-9-8-10-19(20)21(24)28-22(2,3)4/h12-15,19-20H,8-11,16H2,1-5H3/t19-,20-/m1/s1. The van der Waals surface area contributed by atoms with Gasteiger partial charge in [0.2, 0.25) is 10.0 Å². The number of esters is 1. The van der Waals surface area contributed by atoms with E-state index in [0.29, 0.717) is 18.6 Å². The molecule has 1 aliphatic rings. The second-order valence-electron chi connectivity index (χ2n) is 8.20. The van der Waals surface area contributed by atoms with Crippen molar-refractivity contribution in [3.05, 3.63) is 24.3 Å². The fourth-order valence-corrected chi connectivity index (χ4v) is 4.86. The maximum absolute atomic E-state index is 13.2. The van der Waals surface area contributed by atoms with Gasteiger partial charge in [-0.3, -0.25) is 4.79 Å². The highest BCUT2D eigenvalue weighted by Gasteiger charge is 2.40. The molecule has 6 nitrogen and oxygen atoms in total. The Kier molecular flexibility index (Phi) is 7.73. The van der Waals surface area contributed by atoms with Crippen molar-refractivity contribution < 1.29 is 22.7 Å². The maximum Gasteiger partial charge on any atom is 0.311 e. The number of sulfonamides is 1. The van der Waals surface area contributed by atoms with Gasteiger partial charge >= 0.3 is 5.97 Å². The molecular weight excluding hydrogens is 390 g/mol. The van der Waals surface area contributed by atoms with Crippen molar-refractivity contribution in [2.24, 2.45) is 5.92 Å². The molecule has 1 aliphatic carbocycles. The number of nitrogens with zero attached hydrogens (tertiary/aromatic N) is 1. The van der Waals surface area contributed by atoms with E-state index < -0.39 is 27.6 Å². The summed E-state index contributed by atoms with van der Waals surface area (Å²) >= 11 is 0. The lowest BCUT2D eigenvalue weighted by Gasteiger charge is -2.37. The van der Waals surface area contributed by atoms with Gasteiger partial charge in [0.25, 0.3) is 0 Å². The Bertz CT molecular complexity index is 859. The van der Waals surface area contributed by atoms with Gasteiger partial charge in [0.05, 0.1) is 10.8 Å². The molecule has 1 aromatic carbocycles. The van der Waals surface area contributed by atoms with Crippen LogP contribution in [0.1, 0.15) is 53.4 Å². The molecular formula is C22H31NO5S. The third kappa shape index (κ3) is 6.22. The Morgan fingerprint density at radius 2 is 1.79 bits per heavy atom. The quantitative estimate of drug-likeness (QED) is 0.518. The van der Waals surface area contributed by atoms with Crippen LogP contribution >= 0.6 is 0 Å². The number of benzene rings is 1. The summed E-state index contributed by atoms with van der Waals surface area (Å²) in [5, 5.41) is 0. The Hall–Kier alpha value is -2.04. The monoisotopic (exact) mass is 421 g/mol. The largest absolute Gasteiger partial charge is 0.481 e. The minimum Gasteiger partial charge on any atom is -0.481 e. The predicted molar refractivity (Wildman–Crippen MR) is 112 cm³/mol. The zero-order valence-electron chi connectivity index (χ0n) is 17.9. The van der Waals surface area contributed by atoms with Crippen LogP contribution in [0.3, 0.4) is 0 Å². The SMILES string of the molecule is CC#CCOc1ccc(S(=O)(=O)N(C)[C@@H]2CCCC[C@H]2C(=O)OC(C)(C)C)cc1. The highest BCUT2D eigenvalue weighted by Crippen LogP contribution is 2.33. The van der Waals surface area contributed by atoms with Crippen LogP contribution in [0.15, 0.2) is 29.2 Å². The smallest absolute Gasteiger partial charge is 0.311 e. The van der Waals surface area contributed by atoms with E-state index in [1.165, 1.54) is 16.4 Å². The molecule has 2 rings (SSSR count). The molecule has 0 unspecified atom stereocenters. The summed E-state index contributed by atoms with van der Waals surface area (Å²) in [6.45, 7) is 7.43. The van der Waals surface area contributed by atoms with Crippen molar-refractivity contribution in [3.8, 4) is 17.6 Å². The summed E-state index contributed by atoms with van der Waals surface area (Å²) in [5.41, 5.74) is -0.603. The van der Waals surface area contributed by atoms with Gasteiger partial charge in [0, 0.05) is 13.1 Å². The van der Waals surface area contributed by atoms with Crippen molar-refractivity contribution >= 4 is 16.0 Å². The first kappa shape index (κ1) is 23.2. The van der Waals surface area contributed by atoms with Gasteiger partial charge in [-0.15, -0.1) is 5.92 Å². The zero-order chi connectivity index (χ0) is 21.7. The van der Waals surface area contributed by atoms with E-state index in [1.807, 2.05) is 20.8 Å². The van der Waals surface area contributed by atoms with Gasteiger partial charge in [0.15, 0.2) is 0 Å². The predicted octanol–water partition coefficient (Wildman–Crippen LogP) is 3.61. The van der Waals surface area contributed by atoms with Gasteiger partial charge in [0.1, 0.15) is 18.0 Å². The van der Waals surface area contributed by atoms with E-state index in [9.17, 15) is 13.2 Å². The maximum atomic E-state index is 13.2. The van der Waals surface area contributed by atoms with Crippen molar-refractivity contribution in [2.45, 2.75) is 69.9 Å². The molecule has 7 heteroatoms. The van der Waals surface area contributed by atoms with Crippen LogP contribution in [0.25, 0.3) is 0 Å². The van der Waals surface area contributed by atoms with Gasteiger partial charge in [-0.25, -0.2) is 8.42 Å². The molecule has 0 saturated heterocycles. The summed E-state index contributed by atoms with van der Waals surface area (Å²) in [6, 6.07) is 5.85. The van der Waals surface area contributed by atoms with E-state index in [2.05, 4.69) is 11.8 Å². The number of rotatable bonds is 6. The second-order valence-corrected chi connectivity index (χ2v) is 10.2. The lowest BCUT2D eigenvalue weighted by Crippen LogP contribution is -2.47. The number of hydrogen-bond donors (Lipinski definition) is 0. The fourth-order valence-electron chi connectivity index (χ4n) is 3.44. The van der Waals surface area contributed by atoms with Crippen LogP contribution in [-0.2, 0) is 19.6 Å². The number of hydrogen-bond acceptors (Lipinski definition) is 5. The summed E-state index contributed by atoms with van der Waals surface area (Å²) in [4.78, 5) is 12.9. The van der Waals surface area contributed by atoms with Crippen LogP contribution in [0.4, 0.5) is 0 Å². The Labute approximate surface area is 174 Å². The summed E-state index contributed by atoms with van der Waals surface area (Å²) in [5.74, 6) is 5.29. The van der Waals surface area contributed by atoms with Crippen LogP contribution < -0.4 is 4.74 Å². The van der Waals surface area contributed by atoms with Crippen LogP contribution in [0.2, 0.25) is 0 Å². The minimum atomic E-state index is -3.75. The topological polar surface area (TPSA) is 72.9 Å². The Morgan fingerprint density at radius 1 is 1.17 bits per heavy atom. The molecule has 0 N–H and O–H groups in total. The lowest BCUT2D eigenvalue weighted by atomic mass is 9.84. The highest BCUT2D eigenvalue weighted by molar-refractivity contribution is 7.89. The molecule has 0 aliphatic heterocycles. The molecule has 0 radical (unpaired) electrons. The first-order valence-corrected chi connectivity index (χ1v) is 11.3. The molecule has 1 aromatic rings. The lowest BCUT2D eigenvalue weighted by molar-refractivity contribution is -0.162. The van der Waals surface area contributed by atoms with Gasteiger partial charge < -0.3 is 9.47 Å². The van der Waals surface area contributed by atoms with Crippen LogP contribution in [0, 0.1) is 17.8 Å². The van der Waals surface area contributed by atoms with Crippen LogP contribution in [0.5, 0.6) is 5.75 Å². The fraction of sp³-hybridized carbons (Fsp3) is 0.591. The minimum absolute atomic E-state index is 0.169. The van der Waals surface area contributed by atoms with Crippen molar-refractivity contribution in [1.29, 1.82) is 0 Å². The van der Waals surface area contributed by atoms with Crippen molar-refractivity contribution in [2.75, 3.05) is 13.7 Å². The number of ether oxygens (including phenoxy) is 2. The van der Waals surface area contributed by atoms with Crippen LogP contribution in [-0.4, -0.2) is 44.0 Å². The molecule has 1 fully saturated rings. The van der Waals surface area contributed by atoms with E-state index in [4.69, 9.17) is 9.47 Å². The Balaban J connectivity index is 2.19. The first-order chi connectivity index (χ1) is 13.6. The summed E-state index contributed by atoms with van der Waals surface area (Å²) in [7, 11) is -2.20. The van der Waals surface area contributed by atoms with Gasteiger partial charge in [-0.05, 0) is 64.8 Å². The van der Waals surface area contributed by atoms with Crippen molar-refractivity contribution in [3.63, 3.8) is 0 Å². The van der Waals surface area contributed by atoms with Gasteiger partial charge in [-0.1, -0.05) is 18.8 Å². The third-order valence-corrected chi connectivity index (χ3v) is 6.79. The molecule has 0 amide bonds. The number of carbonyl (C=O) groups is 1. The molecule has 160 valence electrons. The molecule has 1 saturated carbocycles. The summed E-state index contributed by atoms with van der Waals surface area (Å²) < 4.78 is 38.7. The average Bonchev–Trinajstić information content (AvgIpc) is 2.66. The van der Waals surface area contributed by atoms with Crippen molar-refractivity contribution in [1.82, 2.24) is 4.31 Å². The van der Waals surface area contributed by atoms with E-state index in [0.717, 1.165) is 12.8 Å². The summed E-state index contributed by atoms with van der Waals surface area (Å²) in [6.07, 6.45) is 3.04. The van der Waals surface area contributed by atoms with E-state index in [-0.39, 0.29) is 17.5 Å². The zero-order valence-corrected chi connectivity index (χ0v) is 18.7. The average molecular weight is 422 g/mol. The normalized spacial score (nSPS) is 19.9. The Morgan fingerprint density at radius 3 is 2.38 bits per heavy atom. The third-order valence-electron chi connectivity index (χ3n) is 4.89. The molecule has 0 bridgehead atoms. The first-order valence-electron chi connectivity index (χ1n) is 9.89.